The zero-order valence-electron chi connectivity index (χ0n) is 4.46. The number of amidine groups is 2. The molecule has 0 saturated heterocycles. The van der Waals surface area contributed by atoms with Gasteiger partial charge in [-0.05, 0) is 0 Å². The molecule has 1 rings (SSSR count). The van der Waals surface area contributed by atoms with E-state index in [0.29, 0.717) is 10.3 Å². The summed E-state index contributed by atoms with van der Waals surface area (Å²) in [5.41, 5.74) is 5.28. The van der Waals surface area contributed by atoms with Crippen molar-refractivity contribution in [1.29, 1.82) is 5.41 Å². The summed E-state index contributed by atoms with van der Waals surface area (Å²) in [5.74, 6) is 0. The standard InChI is InChI=1S/C3H5N3S2.BrH/c4-2-6-3(5)8-1-7-2;/h1H2,(H3,4,5,6);1H. The van der Waals surface area contributed by atoms with Gasteiger partial charge in [-0.15, -0.1) is 17.0 Å². The van der Waals surface area contributed by atoms with Crippen LogP contribution < -0.4 is 5.73 Å². The van der Waals surface area contributed by atoms with Gasteiger partial charge in [-0.2, -0.15) is 4.99 Å². The van der Waals surface area contributed by atoms with Crippen LogP contribution in [0.3, 0.4) is 0 Å². The monoisotopic (exact) mass is 227 g/mol. The number of hydrogen-bond donors (Lipinski definition) is 2. The van der Waals surface area contributed by atoms with Gasteiger partial charge in [0.05, 0.1) is 5.08 Å². The molecule has 0 unspecified atom stereocenters. The van der Waals surface area contributed by atoms with Crippen LogP contribution in [0.1, 0.15) is 0 Å². The molecule has 1 aliphatic rings. The van der Waals surface area contributed by atoms with Crippen molar-refractivity contribution in [3.8, 4) is 0 Å². The smallest absolute Gasteiger partial charge is 0.183 e. The fourth-order valence-electron chi connectivity index (χ4n) is 0.310. The van der Waals surface area contributed by atoms with Crippen LogP contribution in [0.2, 0.25) is 0 Å². The van der Waals surface area contributed by atoms with E-state index in [9.17, 15) is 0 Å². The Bertz CT molecular complexity index is 146. The highest BCUT2D eigenvalue weighted by Gasteiger charge is 2.04. The average molecular weight is 228 g/mol. The van der Waals surface area contributed by atoms with Crippen molar-refractivity contribution in [1.82, 2.24) is 0 Å². The van der Waals surface area contributed by atoms with Gasteiger partial charge < -0.3 is 5.73 Å². The maximum atomic E-state index is 7.00. The number of nitrogens with one attached hydrogen (secondary N) is 1. The van der Waals surface area contributed by atoms with Crippen LogP contribution in [0.4, 0.5) is 0 Å². The van der Waals surface area contributed by atoms with Crippen molar-refractivity contribution in [2.75, 3.05) is 5.08 Å². The quantitative estimate of drug-likeness (QED) is 0.655. The summed E-state index contributed by atoms with van der Waals surface area (Å²) in [6.07, 6.45) is 0. The highest BCUT2D eigenvalue weighted by atomic mass is 79.9. The summed E-state index contributed by atoms with van der Waals surface area (Å²) in [6.45, 7) is 0. The molecule has 6 heteroatoms. The molecule has 0 aromatic carbocycles. The molecule has 0 fully saturated rings. The SMILES string of the molecule is Br.N=C1N=C(N)SCS1. The molecule has 0 atom stereocenters. The maximum Gasteiger partial charge on any atom is 0.183 e. The van der Waals surface area contributed by atoms with E-state index in [-0.39, 0.29) is 17.0 Å². The Morgan fingerprint density at radius 1 is 1.56 bits per heavy atom. The zero-order valence-corrected chi connectivity index (χ0v) is 7.80. The van der Waals surface area contributed by atoms with Gasteiger partial charge in [0.1, 0.15) is 0 Å². The number of thioether (sulfide) groups is 2. The highest BCUT2D eigenvalue weighted by Crippen LogP contribution is 2.18. The summed E-state index contributed by atoms with van der Waals surface area (Å²) in [6, 6.07) is 0. The van der Waals surface area contributed by atoms with E-state index in [1.165, 1.54) is 23.5 Å². The molecule has 3 N–H and O–H groups in total. The normalized spacial score (nSPS) is 18.2. The molecule has 0 aromatic heterocycles. The molecule has 0 aromatic rings. The first-order valence-corrected chi connectivity index (χ1v) is 3.94. The lowest BCUT2D eigenvalue weighted by molar-refractivity contribution is 1.49. The van der Waals surface area contributed by atoms with Crippen LogP contribution in [-0.2, 0) is 0 Å². The predicted octanol–water partition coefficient (Wildman–Crippen LogP) is 1.25. The van der Waals surface area contributed by atoms with E-state index >= 15 is 0 Å². The first-order chi connectivity index (χ1) is 3.79. The first-order valence-electron chi connectivity index (χ1n) is 1.97. The molecule has 0 radical (unpaired) electrons. The minimum atomic E-state index is 0. The molecular formula is C3H6BrN3S2. The third-order valence-electron chi connectivity index (χ3n) is 0.614. The van der Waals surface area contributed by atoms with Crippen molar-refractivity contribution in [3.05, 3.63) is 0 Å². The van der Waals surface area contributed by atoms with Crippen molar-refractivity contribution >= 4 is 50.8 Å². The van der Waals surface area contributed by atoms with Gasteiger partial charge in [0.2, 0.25) is 0 Å². The molecule has 0 amide bonds. The molecular weight excluding hydrogens is 222 g/mol. The molecule has 0 aliphatic carbocycles. The summed E-state index contributed by atoms with van der Waals surface area (Å²) in [7, 11) is 0. The summed E-state index contributed by atoms with van der Waals surface area (Å²) in [5, 5.41) is 8.66. The molecule has 1 heterocycles. The van der Waals surface area contributed by atoms with Gasteiger partial charge in [-0.1, -0.05) is 23.5 Å². The summed E-state index contributed by atoms with van der Waals surface area (Å²) >= 11 is 2.87. The van der Waals surface area contributed by atoms with E-state index < -0.39 is 0 Å². The Labute approximate surface area is 72.1 Å². The van der Waals surface area contributed by atoms with Crippen LogP contribution in [0.5, 0.6) is 0 Å². The van der Waals surface area contributed by atoms with Gasteiger partial charge in [0, 0.05) is 0 Å². The second-order valence-corrected chi connectivity index (χ2v) is 3.49. The minimum absolute atomic E-state index is 0. The fourth-order valence-corrected chi connectivity index (χ4v) is 1.85. The second kappa shape index (κ2) is 4.19. The van der Waals surface area contributed by atoms with Crippen LogP contribution in [0.15, 0.2) is 4.99 Å². The van der Waals surface area contributed by atoms with Crippen molar-refractivity contribution < 1.29 is 0 Å². The fraction of sp³-hybridized carbons (Fsp3) is 0.333. The summed E-state index contributed by atoms with van der Waals surface area (Å²) < 4.78 is 0. The second-order valence-electron chi connectivity index (χ2n) is 1.16. The number of nitrogens with two attached hydrogens (primary N) is 1. The van der Waals surface area contributed by atoms with E-state index in [2.05, 4.69) is 4.99 Å². The van der Waals surface area contributed by atoms with Crippen LogP contribution in [0, 0.1) is 5.41 Å². The molecule has 52 valence electrons. The Morgan fingerprint density at radius 2 is 2.22 bits per heavy atom. The Kier molecular flexibility index (Phi) is 4.33. The van der Waals surface area contributed by atoms with Gasteiger partial charge in [-0.25, -0.2) is 0 Å². The Hall–Kier alpha value is 0.320. The largest absolute Gasteiger partial charge is 0.378 e. The lowest BCUT2D eigenvalue weighted by Gasteiger charge is -2.04. The van der Waals surface area contributed by atoms with E-state index in [1.807, 2.05) is 0 Å². The summed E-state index contributed by atoms with van der Waals surface area (Å²) in [4.78, 5) is 3.69. The van der Waals surface area contributed by atoms with E-state index in [0.717, 1.165) is 5.08 Å². The third-order valence-corrected chi connectivity index (χ3v) is 2.31. The number of hydrogen-bond acceptors (Lipinski definition) is 4. The molecule has 3 nitrogen and oxygen atoms in total. The number of aliphatic imine (C=N–C) groups is 1. The maximum absolute atomic E-state index is 7.00. The van der Waals surface area contributed by atoms with Gasteiger partial charge >= 0.3 is 0 Å². The predicted molar refractivity (Wildman–Crippen MR) is 49.7 cm³/mol. The van der Waals surface area contributed by atoms with E-state index in [1.54, 1.807) is 0 Å². The third kappa shape index (κ3) is 3.12. The molecule has 0 saturated carbocycles. The molecule has 0 spiro atoms. The lowest BCUT2D eigenvalue weighted by atomic mass is 11.2. The topological polar surface area (TPSA) is 62.2 Å². The van der Waals surface area contributed by atoms with Crippen LogP contribution >= 0.6 is 40.5 Å². The molecule has 0 bridgehead atoms. The van der Waals surface area contributed by atoms with Crippen LogP contribution in [0.25, 0.3) is 0 Å². The Morgan fingerprint density at radius 3 is 2.56 bits per heavy atom. The molecule has 1 aliphatic heterocycles. The Balaban J connectivity index is 0.000000640. The van der Waals surface area contributed by atoms with Crippen molar-refractivity contribution in [3.63, 3.8) is 0 Å². The van der Waals surface area contributed by atoms with Crippen molar-refractivity contribution in [2.24, 2.45) is 10.7 Å². The van der Waals surface area contributed by atoms with Gasteiger partial charge in [-0.3, -0.25) is 5.41 Å². The van der Waals surface area contributed by atoms with Crippen LogP contribution in [-0.4, -0.2) is 15.4 Å². The van der Waals surface area contributed by atoms with Gasteiger partial charge in [0.25, 0.3) is 0 Å². The number of rotatable bonds is 0. The number of halogens is 1. The zero-order chi connectivity index (χ0) is 5.98. The number of nitrogens with zero attached hydrogens (tertiary/aromatic N) is 1. The first kappa shape index (κ1) is 9.32. The lowest BCUT2D eigenvalue weighted by Crippen LogP contribution is -2.12. The molecule has 9 heavy (non-hydrogen) atoms. The highest BCUT2D eigenvalue weighted by molar-refractivity contribution is 8.93. The van der Waals surface area contributed by atoms with Crippen molar-refractivity contribution in [2.45, 2.75) is 0 Å². The minimum Gasteiger partial charge on any atom is -0.378 e. The van der Waals surface area contributed by atoms with E-state index in [4.69, 9.17) is 11.1 Å². The van der Waals surface area contributed by atoms with Gasteiger partial charge in [0.15, 0.2) is 10.3 Å². The average Bonchev–Trinajstić information content (AvgIpc) is 1.64.